The number of hydrogen-bond acceptors (Lipinski definition) is 2. The van der Waals surface area contributed by atoms with Crippen LogP contribution in [-0.2, 0) is 15.5 Å². The summed E-state index contributed by atoms with van der Waals surface area (Å²) in [6.45, 7) is 0.657. The zero-order valence-electron chi connectivity index (χ0n) is 11.1. The minimum atomic E-state index is -3.14. The molecule has 0 aliphatic carbocycles. The van der Waals surface area contributed by atoms with Gasteiger partial charge >= 0.3 is 0 Å². The van der Waals surface area contributed by atoms with Gasteiger partial charge in [0, 0.05) is 18.0 Å². The van der Waals surface area contributed by atoms with Gasteiger partial charge in [0.25, 0.3) is 5.92 Å². The van der Waals surface area contributed by atoms with Gasteiger partial charge in [-0.2, -0.15) is 8.78 Å². The minimum absolute atomic E-state index is 0.0383. The molecule has 0 spiro atoms. The molecule has 1 atom stereocenters. The van der Waals surface area contributed by atoms with E-state index in [0.717, 1.165) is 4.90 Å². The van der Waals surface area contributed by atoms with Crippen molar-refractivity contribution < 1.29 is 18.4 Å². The lowest BCUT2D eigenvalue weighted by Gasteiger charge is -2.30. The summed E-state index contributed by atoms with van der Waals surface area (Å²) in [6, 6.07) is 6.83. The lowest BCUT2D eigenvalue weighted by atomic mass is 10.1. The number of halogens is 2. The summed E-state index contributed by atoms with van der Waals surface area (Å²) in [4.78, 5) is 24.3. The van der Waals surface area contributed by atoms with E-state index in [1.165, 1.54) is 24.3 Å². The fourth-order valence-electron chi connectivity index (χ4n) is 2.20. The van der Waals surface area contributed by atoms with Crippen molar-refractivity contribution >= 4 is 11.8 Å². The maximum atomic E-state index is 14.2. The first-order chi connectivity index (χ1) is 9.40. The van der Waals surface area contributed by atoms with E-state index in [1.807, 2.05) is 0 Å². The lowest BCUT2D eigenvalue weighted by Crippen LogP contribution is -2.45. The maximum absolute atomic E-state index is 14.2. The predicted octanol–water partition coefficient (Wildman–Crippen LogP) is 1.52. The molecular formula is C14H16F2N2O2. The Bertz CT molecular complexity index is 505. The Kier molecular flexibility index (Phi) is 4.01. The summed E-state index contributed by atoms with van der Waals surface area (Å²) in [7, 11) is 0. The Labute approximate surface area is 115 Å². The Morgan fingerprint density at radius 2 is 1.95 bits per heavy atom. The van der Waals surface area contributed by atoms with E-state index in [4.69, 9.17) is 0 Å². The van der Waals surface area contributed by atoms with E-state index in [0.29, 0.717) is 0 Å². The summed E-state index contributed by atoms with van der Waals surface area (Å²) in [5, 5.41) is 2.41. The number of nitrogens with one attached hydrogen (secondary N) is 1. The van der Waals surface area contributed by atoms with Crippen LogP contribution in [-0.4, -0.2) is 35.8 Å². The average Bonchev–Trinajstić information content (AvgIpc) is 2.53. The fraction of sp³-hybridized carbons (Fsp3) is 0.429. The largest absolute Gasteiger partial charge is 0.347 e. The number of nitrogens with zero attached hydrogens (tertiary/aromatic N) is 1. The predicted molar refractivity (Wildman–Crippen MR) is 69.1 cm³/mol. The molecule has 0 radical (unpaired) electrons. The molecule has 1 saturated heterocycles. The van der Waals surface area contributed by atoms with Gasteiger partial charge in [0.05, 0.1) is 13.1 Å². The van der Waals surface area contributed by atoms with Crippen molar-refractivity contribution in [3.8, 4) is 0 Å². The summed E-state index contributed by atoms with van der Waals surface area (Å²) in [5.74, 6) is -3.92. The molecule has 108 valence electrons. The van der Waals surface area contributed by atoms with E-state index >= 15 is 0 Å². The van der Waals surface area contributed by atoms with Gasteiger partial charge in [0.1, 0.15) is 0 Å². The van der Waals surface area contributed by atoms with E-state index in [9.17, 15) is 18.4 Å². The Hall–Kier alpha value is -1.98. The molecule has 6 heteroatoms. The molecule has 1 aromatic carbocycles. The molecule has 1 unspecified atom stereocenters. The Balaban J connectivity index is 2.18. The molecule has 0 saturated carbocycles. The van der Waals surface area contributed by atoms with Crippen molar-refractivity contribution in [2.45, 2.75) is 25.3 Å². The molecule has 1 heterocycles. The first kappa shape index (κ1) is 14.4. The molecule has 2 amide bonds. The number of hydrogen-bond donors (Lipinski definition) is 1. The molecular weight excluding hydrogens is 266 g/mol. The van der Waals surface area contributed by atoms with Crippen LogP contribution in [0.2, 0.25) is 0 Å². The smallest absolute Gasteiger partial charge is 0.290 e. The second-order valence-corrected chi connectivity index (χ2v) is 4.92. The first-order valence-corrected chi connectivity index (χ1v) is 6.39. The van der Waals surface area contributed by atoms with Crippen molar-refractivity contribution in [3.63, 3.8) is 0 Å². The number of carbonyl (C=O) groups is 2. The van der Waals surface area contributed by atoms with Gasteiger partial charge in [-0.1, -0.05) is 30.3 Å². The summed E-state index contributed by atoms with van der Waals surface area (Å²) < 4.78 is 28.4. The third-order valence-corrected chi connectivity index (χ3v) is 3.34. The quantitative estimate of drug-likeness (QED) is 0.913. The standard InChI is InChI=1S/C14H16F2N2O2/c1-10-7-12(19)17-8-13(20)18(10)9-14(15,16)11-5-3-2-4-6-11/h2-6,10H,7-9H2,1H3,(H,17,19). The van der Waals surface area contributed by atoms with Crippen LogP contribution in [0.4, 0.5) is 8.78 Å². The van der Waals surface area contributed by atoms with E-state index < -0.39 is 24.4 Å². The molecule has 1 N–H and O–H groups in total. The Morgan fingerprint density at radius 3 is 2.60 bits per heavy atom. The SMILES string of the molecule is CC1CC(=O)NCC(=O)N1CC(F)(F)c1ccccc1. The molecule has 1 fully saturated rings. The third-order valence-electron chi connectivity index (χ3n) is 3.34. The highest BCUT2D eigenvalue weighted by Crippen LogP contribution is 2.30. The lowest BCUT2D eigenvalue weighted by molar-refractivity contribution is -0.138. The van der Waals surface area contributed by atoms with Crippen LogP contribution in [0.5, 0.6) is 0 Å². The summed E-state index contributed by atoms with van der Waals surface area (Å²) >= 11 is 0. The van der Waals surface area contributed by atoms with Crippen LogP contribution in [0.3, 0.4) is 0 Å². The van der Waals surface area contributed by atoms with Gasteiger partial charge < -0.3 is 10.2 Å². The van der Waals surface area contributed by atoms with Gasteiger partial charge in [0.15, 0.2) is 0 Å². The number of benzene rings is 1. The molecule has 20 heavy (non-hydrogen) atoms. The van der Waals surface area contributed by atoms with Crippen molar-refractivity contribution in [3.05, 3.63) is 35.9 Å². The van der Waals surface area contributed by atoms with Gasteiger partial charge in [-0.05, 0) is 6.92 Å². The van der Waals surface area contributed by atoms with Gasteiger partial charge in [0.2, 0.25) is 11.8 Å². The molecule has 0 bridgehead atoms. The fourth-order valence-corrected chi connectivity index (χ4v) is 2.20. The van der Waals surface area contributed by atoms with Crippen LogP contribution in [0.1, 0.15) is 18.9 Å². The van der Waals surface area contributed by atoms with Gasteiger partial charge in [-0.15, -0.1) is 0 Å². The van der Waals surface area contributed by atoms with Crippen molar-refractivity contribution in [2.75, 3.05) is 13.1 Å². The van der Waals surface area contributed by atoms with Crippen LogP contribution in [0, 0.1) is 0 Å². The van der Waals surface area contributed by atoms with Crippen LogP contribution < -0.4 is 5.32 Å². The highest BCUT2D eigenvalue weighted by atomic mass is 19.3. The summed E-state index contributed by atoms with van der Waals surface area (Å²) in [6.07, 6.45) is 0.0383. The van der Waals surface area contributed by atoms with Crippen LogP contribution in [0.15, 0.2) is 30.3 Å². The number of rotatable bonds is 3. The number of carbonyl (C=O) groups excluding carboxylic acids is 2. The third kappa shape index (κ3) is 3.12. The highest BCUT2D eigenvalue weighted by Gasteiger charge is 2.38. The zero-order valence-corrected chi connectivity index (χ0v) is 11.1. The topological polar surface area (TPSA) is 49.4 Å². The maximum Gasteiger partial charge on any atom is 0.290 e. The van der Waals surface area contributed by atoms with Gasteiger partial charge in [-0.3, -0.25) is 9.59 Å². The van der Waals surface area contributed by atoms with Gasteiger partial charge in [-0.25, -0.2) is 0 Å². The average molecular weight is 282 g/mol. The normalized spacial score (nSPS) is 20.6. The number of amides is 2. The second kappa shape index (κ2) is 5.56. The molecule has 1 aliphatic rings. The van der Waals surface area contributed by atoms with Crippen molar-refractivity contribution in [1.29, 1.82) is 0 Å². The number of alkyl halides is 2. The second-order valence-electron chi connectivity index (χ2n) is 4.92. The zero-order chi connectivity index (χ0) is 14.8. The van der Waals surface area contributed by atoms with Crippen LogP contribution in [0.25, 0.3) is 0 Å². The van der Waals surface area contributed by atoms with E-state index in [-0.39, 0.29) is 24.4 Å². The minimum Gasteiger partial charge on any atom is -0.347 e. The van der Waals surface area contributed by atoms with E-state index in [2.05, 4.69) is 5.32 Å². The summed E-state index contributed by atoms with van der Waals surface area (Å²) in [5.41, 5.74) is -0.136. The molecule has 1 aliphatic heterocycles. The molecule has 1 aromatic rings. The first-order valence-electron chi connectivity index (χ1n) is 6.39. The van der Waals surface area contributed by atoms with E-state index in [1.54, 1.807) is 13.0 Å². The Morgan fingerprint density at radius 1 is 1.30 bits per heavy atom. The molecule has 0 aromatic heterocycles. The monoisotopic (exact) mass is 282 g/mol. The van der Waals surface area contributed by atoms with Crippen molar-refractivity contribution in [1.82, 2.24) is 10.2 Å². The van der Waals surface area contributed by atoms with Crippen LogP contribution >= 0.6 is 0 Å². The van der Waals surface area contributed by atoms with Crippen molar-refractivity contribution in [2.24, 2.45) is 0 Å². The molecule has 2 rings (SSSR count). The highest BCUT2D eigenvalue weighted by molar-refractivity contribution is 5.87. The molecule has 4 nitrogen and oxygen atoms in total.